The number of nitrogens with one attached hydrogen (secondary N) is 2. The van der Waals surface area contributed by atoms with Gasteiger partial charge in [-0.2, -0.15) is 0 Å². The zero-order valence-corrected chi connectivity index (χ0v) is 12.1. The molecule has 0 heterocycles. The van der Waals surface area contributed by atoms with Crippen molar-refractivity contribution in [1.29, 1.82) is 0 Å². The summed E-state index contributed by atoms with van der Waals surface area (Å²) in [5.74, 6) is 0.371. The predicted octanol–water partition coefficient (Wildman–Crippen LogP) is 1.16. The largest absolute Gasteiger partial charge is 0.352 e. The van der Waals surface area contributed by atoms with E-state index in [-0.39, 0.29) is 10.8 Å². The fraction of sp³-hybridized carbons (Fsp3) is 0.846. The molecule has 0 bridgehead atoms. The number of nitrogens with two attached hydrogens (primary N) is 2. The Balaban J connectivity index is 2.66. The van der Waals surface area contributed by atoms with Gasteiger partial charge in [0.1, 0.15) is 0 Å². The van der Waals surface area contributed by atoms with E-state index in [9.17, 15) is 9.59 Å². The highest BCUT2D eigenvalue weighted by Gasteiger charge is 2.41. The van der Waals surface area contributed by atoms with Crippen molar-refractivity contribution < 1.29 is 9.59 Å². The van der Waals surface area contributed by atoms with E-state index < -0.39 is 12.1 Å². The summed E-state index contributed by atoms with van der Waals surface area (Å²) < 4.78 is 0. The summed E-state index contributed by atoms with van der Waals surface area (Å²) in [7, 11) is 0. The number of hydrogen-bond acceptors (Lipinski definition) is 2. The third kappa shape index (κ3) is 5.36. The molecule has 2 atom stereocenters. The van der Waals surface area contributed by atoms with Crippen molar-refractivity contribution in [3.05, 3.63) is 0 Å². The van der Waals surface area contributed by atoms with Crippen molar-refractivity contribution in [1.82, 2.24) is 10.6 Å². The Bertz CT molecular complexity index is 357. The minimum atomic E-state index is -0.489. The molecule has 6 heteroatoms. The van der Waals surface area contributed by atoms with Gasteiger partial charge < -0.3 is 22.1 Å². The summed E-state index contributed by atoms with van der Waals surface area (Å²) in [4.78, 5) is 21.7. The van der Waals surface area contributed by atoms with Gasteiger partial charge in [0.2, 0.25) is 0 Å². The highest BCUT2D eigenvalue weighted by atomic mass is 16.2. The van der Waals surface area contributed by atoms with Crippen LogP contribution in [0.15, 0.2) is 0 Å². The second kappa shape index (κ2) is 5.67. The molecule has 0 aliphatic heterocycles. The number of carbonyl (C=O) groups excluding carboxylic acids is 2. The summed E-state index contributed by atoms with van der Waals surface area (Å²) in [6.45, 7) is 7.74. The molecule has 110 valence electrons. The second-order valence-corrected chi connectivity index (χ2v) is 6.89. The number of urea groups is 2. The lowest BCUT2D eigenvalue weighted by Crippen LogP contribution is -2.47. The first kappa shape index (κ1) is 15.6. The quantitative estimate of drug-likeness (QED) is 0.614. The maximum Gasteiger partial charge on any atom is 0.312 e. The fourth-order valence-corrected chi connectivity index (χ4v) is 3.67. The average Bonchev–Trinajstić information content (AvgIpc) is 2.21. The smallest absolute Gasteiger partial charge is 0.312 e. The van der Waals surface area contributed by atoms with Gasteiger partial charge in [-0.05, 0) is 36.0 Å². The van der Waals surface area contributed by atoms with E-state index in [2.05, 4.69) is 31.4 Å². The van der Waals surface area contributed by atoms with Crippen LogP contribution in [0.2, 0.25) is 0 Å². The molecule has 0 spiro atoms. The van der Waals surface area contributed by atoms with Crippen LogP contribution >= 0.6 is 0 Å². The van der Waals surface area contributed by atoms with Gasteiger partial charge in [0, 0.05) is 13.1 Å². The van der Waals surface area contributed by atoms with Gasteiger partial charge in [-0.3, -0.25) is 0 Å². The Morgan fingerprint density at radius 1 is 1.11 bits per heavy atom. The number of rotatable bonds is 4. The SMILES string of the molecule is CC1(C)CC(CNC(N)=O)CC(C)(CNC(N)=O)C1. The van der Waals surface area contributed by atoms with Crippen molar-refractivity contribution in [3.8, 4) is 0 Å². The van der Waals surface area contributed by atoms with Gasteiger partial charge in [0.15, 0.2) is 0 Å². The predicted molar refractivity (Wildman–Crippen MR) is 74.4 cm³/mol. The normalized spacial score (nSPS) is 29.5. The zero-order chi connectivity index (χ0) is 14.7. The molecule has 0 aromatic rings. The van der Waals surface area contributed by atoms with E-state index in [1.807, 2.05) is 0 Å². The van der Waals surface area contributed by atoms with E-state index in [0.717, 1.165) is 19.3 Å². The second-order valence-electron chi connectivity index (χ2n) is 6.89. The summed E-state index contributed by atoms with van der Waals surface area (Å²) in [5.41, 5.74) is 10.4. The highest BCUT2D eigenvalue weighted by Crippen LogP contribution is 2.48. The molecule has 1 aliphatic rings. The van der Waals surface area contributed by atoms with Crippen molar-refractivity contribution in [2.24, 2.45) is 28.2 Å². The third-order valence-corrected chi connectivity index (χ3v) is 3.78. The van der Waals surface area contributed by atoms with Crippen molar-refractivity contribution >= 4 is 12.1 Å². The van der Waals surface area contributed by atoms with E-state index >= 15 is 0 Å². The first-order valence-corrected chi connectivity index (χ1v) is 6.69. The third-order valence-electron chi connectivity index (χ3n) is 3.78. The van der Waals surface area contributed by atoms with Crippen LogP contribution in [0.25, 0.3) is 0 Å². The Morgan fingerprint density at radius 2 is 1.68 bits per heavy atom. The van der Waals surface area contributed by atoms with Gasteiger partial charge in [-0.25, -0.2) is 9.59 Å². The first-order valence-electron chi connectivity index (χ1n) is 6.69. The average molecular weight is 270 g/mol. The molecule has 0 radical (unpaired) electrons. The molecule has 2 unspecified atom stereocenters. The minimum Gasteiger partial charge on any atom is -0.352 e. The highest BCUT2D eigenvalue weighted by molar-refractivity contribution is 5.71. The molecule has 4 amide bonds. The van der Waals surface area contributed by atoms with Crippen LogP contribution in [0.5, 0.6) is 0 Å². The Hall–Kier alpha value is -1.46. The fourth-order valence-electron chi connectivity index (χ4n) is 3.67. The van der Waals surface area contributed by atoms with E-state index in [1.54, 1.807) is 0 Å². The monoisotopic (exact) mass is 270 g/mol. The standard InChI is InChI=1S/C13H26N4O2/c1-12(2)4-9(6-16-10(14)18)5-13(3,7-12)8-17-11(15)19/h9H,4-8H2,1-3H3,(H3,14,16,18)(H3,15,17,19). The van der Waals surface area contributed by atoms with Crippen LogP contribution in [-0.4, -0.2) is 25.2 Å². The van der Waals surface area contributed by atoms with Gasteiger partial charge >= 0.3 is 12.1 Å². The van der Waals surface area contributed by atoms with E-state index in [1.165, 1.54) is 0 Å². The van der Waals surface area contributed by atoms with Crippen LogP contribution in [0, 0.1) is 16.7 Å². The molecule has 6 N–H and O–H groups in total. The lowest BCUT2D eigenvalue weighted by atomic mass is 9.60. The van der Waals surface area contributed by atoms with E-state index in [0.29, 0.717) is 19.0 Å². The molecular formula is C13H26N4O2. The van der Waals surface area contributed by atoms with Gasteiger partial charge in [-0.15, -0.1) is 0 Å². The molecule has 19 heavy (non-hydrogen) atoms. The van der Waals surface area contributed by atoms with Gasteiger partial charge in [0.25, 0.3) is 0 Å². The summed E-state index contributed by atoms with van der Waals surface area (Å²) in [5, 5.41) is 5.39. The van der Waals surface area contributed by atoms with Crippen LogP contribution < -0.4 is 22.1 Å². The van der Waals surface area contributed by atoms with Gasteiger partial charge in [0.05, 0.1) is 0 Å². The lowest BCUT2D eigenvalue weighted by molar-refractivity contribution is 0.0565. The lowest BCUT2D eigenvalue weighted by Gasteiger charge is -2.46. The summed E-state index contributed by atoms with van der Waals surface area (Å²) >= 11 is 0. The Labute approximate surface area is 114 Å². The summed E-state index contributed by atoms with van der Waals surface area (Å²) in [6.07, 6.45) is 3.00. The molecule has 6 nitrogen and oxygen atoms in total. The van der Waals surface area contributed by atoms with E-state index in [4.69, 9.17) is 11.5 Å². The molecule has 0 aromatic carbocycles. The minimum absolute atomic E-state index is 0.000767. The molecular weight excluding hydrogens is 244 g/mol. The molecule has 0 saturated heterocycles. The van der Waals surface area contributed by atoms with Crippen molar-refractivity contribution in [2.75, 3.05) is 13.1 Å². The molecule has 1 fully saturated rings. The topological polar surface area (TPSA) is 110 Å². The number of hydrogen-bond donors (Lipinski definition) is 4. The Kier molecular flexibility index (Phi) is 4.66. The maximum atomic E-state index is 10.9. The van der Waals surface area contributed by atoms with Crippen molar-refractivity contribution in [2.45, 2.75) is 40.0 Å². The number of amides is 4. The number of carbonyl (C=O) groups is 2. The maximum absolute atomic E-state index is 10.9. The van der Waals surface area contributed by atoms with Crippen LogP contribution in [0.3, 0.4) is 0 Å². The van der Waals surface area contributed by atoms with Crippen molar-refractivity contribution in [3.63, 3.8) is 0 Å². The number of primary amides is 2. The van der Waals surface area contributed by atoms with Crippen LogP contribution in [0.1, 0.15) is 40.0 Å². The Morgan fingerprint density at radius 3 is 2.21 bits per heavy atom. The molecule has 0 aromatic heterocycles. The summed E-state index contributed by atoms with van der Waals surface area (Å²) in [6, 6.07) is -0.975. The zero-order valence-electron chi connectivity index (χ0n) is 12.1. The first-order chi connectivity index (χ1) is 8.62. The molecule has 1 saturated carbocycles. The molecule has 1 aliphatic carbocycles. The van der Waals surface area contributed by atoms with Gasteiger partial charge in [-0.1, -0.05) is 20.8 Å². The van der Waals surface area contributed by atoms with Crippen LogP contribution in [0.4, 0.5) is 9.59 Å². The molecule has 1 rings (SSSR count). The van der Waals surface area contributed by atoms with Crippen LogP contribution in [-0.2, 0) is 0 Å².